The van der Waals surface area contributed by atoms with Crippen LogP contribution in [-0.2, 0) is 32.8 Å². The van der Waals surface area contributed by atoms with Crippen molar-refractivity contribution in [3.63, 3.8) is 0 Å². The molecule has 48 heavy (non-hydrogen) atoms. The molecular weight excluding hydrogens is 790 g/mol. The van der Waals surface area contributed by atoms with Crippen LogP contribution in [0, 0.1) is 0 Å². The van der Waals surface area contributed by atoms with Gasteiger partial charge in [-0.25, -0.2) is 0 Å². The summed E-state index contributed by atoms with van der Waals surface area (Å²) in [6, 6.07) is 33.6. The summed E-state index contributed by atoms with van der Waals surface area (Å²) in [6.45, 7) is 9.33. The Labute approximate surface area is 307 Å². The van der Waals surface area contributed by atoms with Crippen LogP contribution in [-0.4, -0.2) is 0 Å². The van der Waals surface area contributed by atoms with Crippen molar-refractivity contribution >= 4 is 37.0 Å². The van der Waals surface area contributed by atoms with Gasteiger partial charge in [-0.15, -0.1) is 24.8 Å². The monoisotopic (exact) mass is 844 g/mol. The van der Waals surface area contributed by atoms with Crippen molar-refractivity contribution in [1.82, 2.24) is 0 Å². The first-order valence-electron chi connectivity index (χ1n) is 18.5. The Hall–Kier alpha value is -2.19. The van der Waals surface area contributed by atoms with E-state index in [1.54, 1.807) is 33.4 Å². The molecule has 4 aromatic rings. The summed E-state index contributed by atoms with van der Waals surface area (Å²) in [6.07, 6.45) is 16.5. The Morgan fingerprint density at radius 2 is 0.896 bits per heavy atom. The molecule has 0 aromatic heterocycles. The number of allylic oxidation sites excluding steroid dienone is 2. The number of aryl methyl sites for hydroxylation is 2. The third-order valence-corrected chi connectivity index (χ3v) is 33.8. The van der Waals surface area contributed by atoms with E-state index in [1.807, 2.05) is 0 Å². The maximum atomic E-state index is 2.69. The Kier molecular flexibility index (Phi) is 12.5. The van der Waals surface area contributed by atoms with E-state index >= 15 is 0 Å². The molecule has 0 nitrogen and oxygen atoms in total. The molecule has 4 aromatic carbocycles. The number of fused-ring (bicyclic) bond motifs is 2. The van der Waals surface area contributed by atoms with Crippen LogP contribution >= 0.6 is 24.8 Å². The molecule has 0 radical (unpaired) electrons. The molecule has 0 spiro atoms. The zero-order valence-corrected chi connectivity index (χ0v) is 34.7. The second kappa shape index (κ2) is 16.2. The second-order valence-corrected chi connectivity index (χ2v) is 31.0. The van der Waals surface area contributed by atoms with Crippen molar-refractivity contribution in [2.45, 2.75) is 101 Å². The van der Waals surface area contributed by atoms with Gasteiger partial charge in [0.05, 0.1) is 0 Å². The fourth-order valence-electron chi connectivity index (χ4n) is 9.41. The van der Waals surface area contributed by atoms with Crippen LogP contribution in [0.1, 0.15) is 113 Å². The molecule has 1 fully saturated rings. The van der Waals surface area contributed by atoms with Crippen LogP contribution < -0.4 is 0 Å². The maximum absolute atomic E-state index is 3.03. The van der Waals surface area contributed by atoms with E-state index in [0.29, 0.717) is 7.35 Å². The summed E-state index contributed by atoms with van der Waals surface area (Å²) >= 11 is -3.03. The molecule has 0 amide bonds. The summed E-state index contributed by atoms with van der Waals surface area (Å²) in [7, 11) is 0. The summed E-state index contributed by atoms with van der Waals surface area (Å²) < 4.78 is 4.50. The van der Waals surface area contributed by atoms with Gasteiger partial charge in [-0.1, -0.05) is 0 Å². The first kappa shape index (κ1) is 37.1. The molecular formula is C45H54Cl2Hf. The quantitative estimate of drug-likeness (QED) is 0.125. The molecule has 3 aliphatic rings. The van der Waals surface area contributed by atoms with E-state index in [1.165, 1.54) is 86.7 Å². The average molecular weight is 844 g/mol. The van der Waals surface area contributed by atoms with Gasteiger partial charge in [0.25, 0.3) is 0 Å². The summed E-state index contributed by atoms with van der Waals surface area (Å²) in [5.74, 6) is 0. The Balaban J connectivity index is 0.00000225. The molecule has 7 rings (SSSR count). The van der Waals surface area contributed by atoms with Gasteiger partial charge in [0.2, 0.25) is 0 Å². The van der Waals surface area contributed by atoms with Crippen molar-refractivity contribution < 1.29 is 20.0 Å². The molecule has 0 bridgehead atoms. The second-order valence-electron chi connectivity index (χ2n) is 14.4. The van der Waals surface area contributed by atoms with Crippen LogP contribution in [0.5, 0.6) is 0 Å². The smallest absolute Gasteiger partial charge is 0.147 e. The molecule has 2 aliphatic carbocycles. The van der Waals surface area contributed by atoms with E-state index < -0.39 is 20.0 Å². The molecule has 1 aliphatic heterocycles. The molecule has 2 atom stereocenters. The molecule has 0 saturated carbocycles. The number of hydrogen-bond acceptors (Lipinski definition) is 0. The van der Waals surface area contributed by atoms with E-state index in [2.05, 4.69) is 125 Å². The standard InChI is InChI=1S/2C21H23.C3H6.2ClH.Hf/c2*1-3-6-16-10-12-18(13-11-16)20-9-5-8-19-14-17(7-4-2)15-21(19)20;1-3-2;;;/h2*5,8-15H,3-4,6-7H2,1-2H3;1-3H2;2*1H;. The van der Waals surface area contributed by atoms with Gasteiger partial charge in [0, 0.05) is 0 Å². The predicted molar refractivity (Wildman–Crippen MR) is 212 cm³/mol. The fourth-order valence-corrected chi connectivity index (χ4v) is 32.2. The number of benzene rings is 4. The van der Waals surface area contributed by atoms with Crippen molar-refractivity contribution in [3.05, 3.63) is 129 Å². The molecule has 0 N–H and O–H groups in total. The fraction of sp³-hybridized carbons (Fsp3) is 0.378. The Morgan fingerprint density at radius 3 is 1.23 bits per heavy atom. The van der Waals surface area contributed by atoms with Crippen molar-refractivity contribution in [1.29, 1.82) is 0 Å². The first-order valence-corrected chi connectivity index (χ1v) is 27.7. The first-order chi connectivity index (χ1) is 22.6. The molecule has 252 valence electrons. The van der Waals surface area contributed by atoms with Gasteiger partial charge in [-0.3, -0.25) is 0 Å². The van der Waals surface area contributed by atoms with Gasteiger partial charge in [0.1, 0.15) is 0 Å². The predicted octanol–water partition coefficient (Wildman–Crippen LogP) is 14.3. The van der Waals surface area contributed by atoms with Gasteiger partial charge in [0.15, 0.2) is 0 Å². The molecule has 3 heteroatoms. The summed E-state index contributed by atoms with van der Waals surface area (Å²) in [5, 5.41) is 0. The zero-order valence-electron chi connectivity index (χ0n) is 29.5. The van der Waals surface area contributed by atoms with Crippen molar-refractivity contribution in [3.8, 4) is 22.3 Å². The van der Waals surface area contributed by atoms with E-state index in [-0.39, 0.29) is 24.8 Å². The van der Waals surface area contributed by atoms with Crippen LogP contribution in [0.25, 0.3) is 34.4 Å². The van der Waals surface area contributed by atoms with Crippen LogP contribution in [0.15, 0.2) is 96.1 Å². The molecule has 1 saturated heterocycles. The molecule has 1 heterocycles. The third kappa shape index (κ3) is 6.66. The third-order valence-electron chi connectivity index (χ3n) is 11.4. The zero-order chi connectivity index (χ0) is 31.7. The van der Waals surface area contributed by atoms with Crippen molar-refractivity contribution in [2.75, 3.05) is 0 Å². The minimum atomic E-state index is -3.03. The summed E-state index contributed by atoms with van der Waals surface area (Å²) in [5.41, 5.74) is 18.6. The van der Waals surface area contributed by atoms with Crippen LogP contribution in [0.2, 0.25) is 8.35 Å². The SMILES string of the molecule is CCCC1=Cc2c(-c3ccc(CCC)cc3)cccc2[CH]1[Hf]1([CH]2C(CCC)=Cc3c(-c4ccc(CCC)cc4)cccc32)[CH2]C[CH2]1.Cl.Cl. The largest absolute Gasteiger partial charge is 0.147 e. The van der Waals surface area contributed by atoms with Crippen molar-refractivity contribution in [2.24, 2.45) is 0 Å². The van der Waals surface area contributed by atoms with Gasteiger partial charge >= 0.3 is 285 Å². The normalized spacial score (nSPS) is 18.5. The van der Waals surface area contributed by atoms with Gasteiger partial charge < -0.3 is 0 Å². The number of rotatable bonds is 12. The minimum absolute atomic E-state index is 0. The van der Waals surface area contributed by atoms with Gasteiger partial charge in [-0.2, -0.15) is 0 Å². The maximum Gasteiger partial charge on any atom is -0.147 e. The number of halogens is 2. The number of hydrogen-bond donors (Lipinski definition) is 0. The Morgan fingerprint density at radius 1 is 0.500 bits per heavy atom. The van der Waals surface area contributed by atoms with E-state index in [9.17, 15) is 0 Å². The van der Waals surface area contributed by atoms with Gasteiger partial charge in [-0.05, 0) is 0 Å². The van der Waals surface area contributed by atoms with E-state index in [0.717, 1.165) is 12.8 Å². The minimum Gasteiger partial charge on any atom is -0.147 e. The molecule has 2 unspecified atom stereocenters. The Bertz CT molecular complexity index is 1630. The van der Waals surface area contributed by atoms with Crippen LogP contribution in [0.4, 0.5) is 0 Å². The summed E-state index contributed by atoms with van der Waals surface area (Å²) in [4.78, 5) is 0. The average Bonchev–Trinajstić information content (AvgIpc) is 3.61. The van der Waals surface area contributed by atoms with Crippen LogP contribution in [0.3, 0.4) is 0 Å². The van der Waals surface area contributed by atoms with E-state index in [4.69, 9.17) is 0 Å². The topological polar surface area (TPSA) is 0 Å².